The Morgan fingerprint density at radius 2 is 1.75 bits per heavy atom. The van der Waals surface area contributed by atoms with E-state index in [1.165, 1.54) is 11.8 Å². The molecule has 0 bridgehead atoms. The third-order valence-electron chi connectivity index (χ3n) is 5.36. The number of thioether (sulfide) groups is 1. The predicted octanol–water partition coefficient (Wildman–Crippen LogP) is 5.17. The maximum atomic E-state index is 11.7. The van der Waals surface area contributed by atoms with Crippen LogP contribution in [0, 0.1) is 5.92 Å². The Morgan fingerprint density at radius 1 is 1.03 bits per heavy atom. The summed E-state index contributed by atoms with van der Waals surface area (Å²) in [7, 11) is 0. The Morgan fingerprint density at radius 3 is 2.47 bits per heavy atom. The molecule has 164 valence electrons. The lowest BCUT2D eigenvalue weighted by Gasteiger charge is -2.15. The van der Waals surface area contributed by atoms with E-state index in [1.54, 1.807) is 6.92 Å². The average molecular weight is 446 g/mol. The highest BCUT2D eigenvalue weighted by Gasteiger charge is 2.21. The predicted molar refractivity (Wildman–Crippen MR) is 130 cm³/mol. The fourth-order valence-corrected chi connectivity index (χ4v) is 4.32. The van der Waals surface area contributed by atoms with Gasteiger partial charge in [0.05, 0.1) is 16.5 Å². The quantitative estimate of drug-likeness (QED) is 0.378. The summed E-state index contributed by atoms with van der Waals surface area (Å²) in [5.41, 5.74) is 9.32. The standard InChI is InChI=1S/C25H27N5OS/c1-16(2)13-14-30-24(28-29-25(30)32-17(3)23(26)31)20-15-22(18-9-5-4-6-10-18)27-21-12-8-7-11-19(20)21/h4-12,15-17H,13-14H2,1-3H3,(H2,26,31)/t17-/m0/s1. The van der Waals surface area contributed by atoms with Crippen LogP contribution in [0.1, 0.15) is 27.2 Å². The van der Waals surface area contributed by atoms with Crippen molar-refractivity contribution in [2.24, 2.45) is 11.7 Å². The van der Waals surface area contributed by atoms with Crippen LogP contribution in [0.15, 0.2) is 65.8 Å². The molecule has 0 aliphatic heterocycles. The summed E-state index contributed by atoms with van der Waals surface area (Å²) in [6.45, 7) is 6.94. The zero-order chi connectivity index (χ0) is 22.7. The number of fused-ring (bicyclic) bond motifs is 1. The first-order valence-corrected chi connectivity index (χ1v) is 11.7. The largest absolute Gasteiger partial charge is 0.369 e. The number of nitrogens with two attached hydrogens (primary N) is 1. The number of benzene rings is 2. The topological polar surface area (TPSA) is 86.7 Å². The highest BCUT2D eigenvalue weighted by atomic mass is 32.2. The Bertz CT molecular complexity index is 1240. The number of nitrogens with zero attached hydrogens (tertiary/aromatic N) is 4. The minimum atomic E-state index is -0.390. The second-order valence-electron chi connectivity index (χ2n) is 8.24. The molecule has 2 aromatic carbocycles. The smallest absolute Gasteiger partial charge is 0.230 e. The number of pyridine rings is 1. The summed E-state index contributed by atoms with van der Waals surface area (Å²) in [5, 5.41) is 10.4. The highest BCUT2D eigenvalue weighted by Crippen LogP contribution is 2.34. The van der Waals surface area contributed by atoms with E-state index in [0.717, 1.165) is 46.5 Å². The average Bonchev–Trinajstić information content (AvgIpc) is 3.19. The van der Waals surface area contributed by atoms with Gasteiger partial charge >= 0.3 is 0 Å². The van der Waals surface area contributed by atoms with Gasteiger partial charge in [-0.25, -0.2) is 4.98 Å². The summed E-state index contributed by atoms with van der Waals surface area (Å²) < 4.78 is 2.11. The first kappa shape index (κ1) is 22.0. The number of carbonyl (C=O) groups is 1. The van der Waals surface area contributed by atoms with Crippen molar-refractivity contribution in [3.63, 3.8) is 0 Å². The van der Waals surface area contributed by atoms with Gasteiger partial charge < -0.3 is 10.3 Å². The van der Waals surface area contributed by atoms with Crippen molar-refractivity contribution in [2.45, 2.75) is 44.1 Å². The second-order valence-corrected chi connectivity index (χ2v) is 9.55. The molecule has 0 fully saturated rings. The van der Waals surface area contributed by atoms with Crippen LogP contribution in [0.3, 0.4) is 0 Å². The number of hydrogen-bond acceptors (Lipinski definition) is 5. The van der Waals surface area contributed by atoms with Gasteiger partial charge in [-0.15, -0.1) is 10.2 Å². The minimum absolute atomic E-state index is 0.365. The van der Waals surface area contributed by atoms with E-state index in [1.807, 2.05) is 36.4 Å². The maximum Gasteiger partial charge on any atom is 0.230 e. The van der Waals surface area contributed by atoms with Crippen molar-refractivity contribution in [1.29, 1.82) is 0 Å². The van der Waals surface area contributed by atoms with Gasteiger partial charge in [0.2, 0.25) is 5.91 Å². The minimum Gasteiger partial charge on any atom is -0.369 e. The van der Waals surface area contributed by atoms with Crippen molar-refractivity contribution < 1.29 is 4.79 Å². The molecule has 0 aliphatic rings. The molecule has 1 atom stereocenters. The number of amides is 1. The van der Waals surface area contributed by atoms with Crippen LogP contribution in [0.5, 0.6) is 0 Å². The van der Waals surface area contributed by atoms with Crippen molar-refractivity contribution >= 4 is 28.6 Å². The summed E-state index contributed by atoms with van der Waals surface area (Å²) in [6, 6.07) is 20.3. The van der Waals surface area contributed by atoms with Gasteiger partial charge in [0.1, 0.15) is 0 Å². The molecule has 0 radical (unpaired) electrons. The molecule has 7 heteroatoms. The van der Waals surface area contributed by atoms with E-state index in [4.69, 9.17) is 10.7 Å². The third kappa shape index (κ3) is 4.67. The van der Waals surface area contributed by atoms with E-state index in [-0.39, 0.29) is 11.2 Å². The molecule has 0 saturated heterocycles. The van der Waals surface area contributed by atoms with Crippen LogP contribution in [0.2, 0.25) is 0 Å². The normalized spacial score (nSPS) is 12.4. The van der Waals surface area contributed by atoms with Crippen molar-refractivity contribution in [2.75, 3.05) is 0 Å². The third-order valence-corrected chi connectivity index (χ3v) is 6.46. The van der Waals surface area contributed by atoms with Crippen molar-refractivity contribution in [1.82, 2.24) is 19.7 Å². The monoisotopic (exact) mass is 445 g/mol. The van der Waals surface area contributed by atoms with Gasteiger partial charge in [-0.2, -0.15) is 0 Å². The first-order valence-electron chi connectivity index (χ1n) is 10.8. The van der Waals surface area contributed by atoms with E-state index in [2.05, 4.69) is 52.9 Å². The van der Waals surface area contributed by atoms with Crippen LogP contribution < -0.4 is 5.73 Å². The molecule has 32 heavy (non-hydrogen) atoms. The number of primary amides is 1. The molecular formula is C25H27N5OS. The molecule has 0 saturated carbocycles. The Labute approximate surface area is 192 Å². The Kier molecular flexibility index (Phi) is 6.55. The van der Waals surface area contributed by atoms with Crippen molar-refractivity contribution in [3.8, 4) is 22.6 Å². The molecule has 4 rings (SSSR count). The molecule has 4 aromatic rings. The summed E-state index contributed by atoms with van der Waals surface area (Å²) >= 11 is 1.35. The number of aromatic nitrogens is 4. The lowest BCUT2D eigenvalue weighted by molar-refractivity contribution is -0.117. The molecular weight excluding hydrogens is 418 g/mol. The lowest BCUT2D eigenvalue weighted by atomic mass is 10.0. The van der Waals surface area contributed by atoms with Crippen LogP contribution in [-0.2, 0) is 11.3 Å². The van der Waals surface area contributed by atoms with E-state index >= 15 is 0 Å². The van der Waals surface area contributed by atoms with Crippen LogP contribution in [0.25, 0.3) is 33.5 Å². The zero-order valence-corrected chi connectivity index (χ0v) is 19.3. The molecule has 2 aromatic heterocycles. The number of carbonyl (C=O) groups excluding carboxylic acids is 1. The van der Waals surface area contributed by atoms with E-state index < -0.39 is 0 Å². The molecule has 0 spiro atoms. The van der Waals surface area contributed by atoms with Gasteiger partial charge in [-0.05, 0) is 31.4 Å². The van der Waals surface area contributed by atoms with Crippen LogP contribution >= 0.6 is 11.8 Å². The van der Waals surface area contributed by atoms with Gasteiger partial charge in [0.25, 0.3) is 0 Å². The fourth-order valence-electron chi connectivity index (χ4n) is 3.50. The zero-order valence-electron chi connectivity index (χ0n) is 18.5. The Balaban J connectivity index is 1.89. The summed E-state index contributed by atoms with van der Waals surface area (Å²) in [5.74, 6) is 0.932. The highest BCUT2D eigenvalue weighted by molar-refractivity contribution is 8.00. The summed E-state index contributed by atoms with van der Waals surface area (Å²) in [6.07, 6.45) is 0.970. The van der Waals surface area contributed by atoms with E-state index in [0.29, 0.717) is 11.1 Å². The lowest BCUT2D eigenvalue weighted by Crippen LogP contribution is -2.23. The number of rotatable bonds is 8. The number of hydrogen-bond donors (Lipinski definition) is 1. The SMILES string of the molecule is CC(C)CCn1c(S[C@@H](C)C(N)=O)nnc1-c1cc(-c2ccccc2)nc2ccccc12. The van der Waals surface area contributed by atoms with Gasteiger partial charge in [-0.3, -0.25) is 4.79 Å². The molecule has 0 unspecified atom stereocenters. The Hall–Kier alpha value is -3.19. The number of para-hydroxylation sites is 1. The van der Waals surface area contributed by atoms with Gasteiger partial charge in [0.15, 0.2) is 11.0 Å². The molecule has 2 N–H and O–H groups in total. The molecule has 1 amide bonds. The molecule has 0 aliphatic carbocycles. The van der Waals surface area contributed by atoms with Crippen LogP contribution in [0.4, 0.5) is 0 Å². The summed E-state index contributed by atoms with van der Waals surface area (Å²) in [4.78, 5) is 16.6. The molecule has 6 nitrogen and oxygen atoms in total. The van der Waals surface area contributed by atoms with Gasteiger partial charge in [0, 0.05) is 23.1 Å². The fraction of sp³-hybridized carbons (Fsp3) is 0.280. The maximum absolute atomic E-state index is 11.7. The first-order chi connectivity index (χ1) is 15.4. The van der Waals surface area contributed by atoms with E-state index in [9.17, 15) is 4.79 Å². The van der Waals surface area contributed by atoms with Gasteiger partial charge in [-0.1, -0.05) is 74.1 Å². The molecule has 2 heterocycles. The van der Waals surface area contributed by atoms with Crippen molar-refractivity contribution in [3.05, 3.63) is 60.7 Å². The second kappa shape index (κ2) is 9.53. The van der Waals surface area contributed by atoms with Crippen LogP contribution in [-0.4, -0.2) is 30.9 Å².